The number of piperidine rings is 1. The number of carbonyl (C=O) groups is 1. The van der Waals surface area contributed by atoms with Crippen LogP contribution in [0.2, 0.25) is 0 Å². The number of sulfonamides is 1. The minimum absolute atomic E-state index is 0.122. The standard InChI is InChI=1S/C16H25N3O3S/c1-18(23(2,21)22)13-16(20)17-15-8-10-19(11-9-15)12-14-6-4-3-5-7-14/h3-7,15H,8-13H2,1-2H3,(H,17,20). The Hall–Kier alpha value is -1.44. The van der Waals surface area contributed by atoms with Crippen molar-refractivity contribution in [3.63, 3.8) is 0 Å². The normalized spacial score (nSPS) is 17.3. The molecule has 1 aromatic carbocycles. The molecule has 0 bridgehead atoms. The van der Waals surface area contributed by atoms with E-state index in [-0.39, 0.29) is 18.5 Å². The first kappa shape index (κ1) is 17.9. The fraction of sp³-hybridized carbons (Fsp3) is 0.562. The van der Waals surface area contributed by atoms with Crippen LogP contribution in [0, 0.1) is 0 Å². The van der Waals surface area contributed by atoms with Gasteiger partial charge in [0, 0.05) is 32.7 Å². The minimum atomic E-state index is -3.32. The van der Waals surface area contributed by atoms with Gasteiger partial charge < -0.3 is 5.32 Å². The van der Waals surface area contributed by atoms with Crippen molar-refractivity contribution in [2.45, 2.75) is 25.4 Å². The molecule has 6 nitrogen and oxygen atoms in total. The topological polar surface area (TPSA) is 69.7 Å². The molecule has 0 saturated carbocycles. The summed E-state index contributed by atoms with van der Waals surface area (Å²) in [5.41, 5.74) is 1.30. The largest absolute Gasteiger partial charge is 0.352 e. The lowest BCUT2D eigenvalue weighted by molar-refractivity contribution is -0.122. The van der Waals surface area contributed by atoms with Crippen LogP contribution >= 0.6 is 0 Å². The molecule has 0 unspecified atom stereocenters. The fourth-order valence-corrected chi connectivity index (χ4v) is 3.02. The van der Waals surface area contributed by atoms with Crippen molar-refractivity contribution in [1.29, 1.82) is 0 Å². The summed E-state index contributed by atoms with van der Waals surface area (Å²) in [4.78, 5) is 14.3. The molecule has 1 saturated heterocycles. The number of hydrogen-bond donors (Lipinski definition) is 1. The molecule has 7 heteroatoms. The van der Waals surface area contributed by atoms with E-state index in [0.717, 1.165) is 43.0 Å². The average molecular weight is 339 g/mol. The average Bonchev–Trinajstić information content (AvgIpc) is 2.49. The summed E-state index contributed by atoms with van der Waals surface area (Å²) < 4.78 is 23.7. The Bertz CT molecular complexity index is 611. The van der Waals surface area contributed by atoms with Crippen molar-refractivity contribution >= 4 is 15.9 Å². The molecule has 128 valence electrons. The molecule has 0 spiro atoms. The third kappa shape index (κ3) is 5.93. The Kier molecular flexibility index (Phi) is 6.15. The lowest BCUT2D eigenvalue weighted by Gasteiger charge is -2.32. The highest BCUT2D eigenvalue weighted by molar-refractivity contribution is 7.88. The summed E-state index contributed by atoms with van der Waals surface area (Å²) in [5.74, 6) is -0.237. The molecule has 2 rings (SSSR count). The van der Waals surface area contributed by atoms with Gasteiger partial charge in [-0.2, -0.15) is 4.31 Å². The van der Waals surface area contributed by atoms with E-state index >= 15 is 0 Å². The van der Waals surface area contributed by atoms with Crippen molar-refractivity contribution in [2.75, 3.05) is 32.9 Å². The van der Waals surface area contributed by atoms with E-state index in [4.69, 9.17) is 0 Å². The highest BCUT2D eigenvalue weighted by Gasteiger charge is 2.22. The van der Waals surface area contributed by atoms with E-state index in [1.165, 1.54) is 12.6 Å². The van der Waals surface area contributed by atoms with E-state index < -0.39 is 10.0 Å². The molecule has 1 heterocycles. The minimum Gasteiger partial charge on any atom is -0.352 e. The van der Waals surface area contributed by atoms with Gasteiger partial charge in [-0.1, -0.05) is 30.3 Å². The number of nitrogens with zero attached hydrogens (tertiary/aromatic N) is 2. The summed E-state index contributed by atoms with van der Waals surface area (Å²) in [6.45, 7) is 2.67. The molecule has 1 amide bonds. The van der Waals surface area contributed by atoms with E-state index in [1.54, 1.807) is 0 Å². The second-order valence-corrected chi connectivity index (χ2v) is 8.21. The molecular formula is C16H25N3O3S. The van der Waals surface area contributed by atoms with Gasteiger partial charge in [0.1, 0.15) is 0 Å². The second-order valence-electron chi connectivity index (χ2n) is 6.12. The van der Waals surface area contributed by atoms with Crippen LogP contribution in [0.15, 0.2) is 30.3 Å². The maximum Gasteiger partial charge on any atom is 0.235 e. The maximum absolute atomic E-state index is 11.9. The van der Waals surface area contributed by atoms with E-state index in [1.807, 2.05) is 18.2 Å². The number of likely N-dealkylation sites (N-methyl/N-ethyl adjacent to an activating group) is 1. The summed E-state index contributed by atoms with van der Waals surface area (Å²) in [6, 6.07) is 10.5. The number of amides is 1. The van der Waals surface area contributed by atoms with E-state index in [2.05, 4.69) is 22.3 Å². The highest BCUT2D eigenvalue weighted by atomic mass is 32.2. The number of rotatable bonds is 6. The number of hydrogen-bond acceptors (Lipinski definition) is 4. The summed E-state index contributed by atoms with van der Waals surface area (Å²) in [7, 11) is -1.90. The fourth-order valence-electron chi connectivity index (χ4n) is 2.67. The van der Waals surface area contributed by atoms with Crippen LogP contribution in [0.3, 0.4) is 0 Å². The number of carbonyl (C=O) groups excluding carboxylic acids is 1. The predicted molar refractivity (Wildman–Crippen MR) is 90.4 cm³/mol. The molecule has 1 fully saturated rings. The Labute approximate surface area is 138 Å². The number of benzene rings is 1. The lowest BCUT2D eigenvalue weighted by atomic mass is 10.0. The van der Waals surface area contributed by atoms with Crippen LogP contribution in [0.1, 0.15) is 18.4 Å². The molecule has 0 aromatic heterocycles. The highest BCUT2D eigenvalue weighted by Crippen LogP contribution is 2.13. The Morgan fingerprint density at radius 2 is 1.87 bits per heavy atom. The Balaban J connectivity index is 1.73. The molecule has 0 aliphatic carbocycles. The first-order chi connectivity index (χ1) is 10.8. The molecule has 0 atom stereocenters. The van der Waals surface area contributed by atoms with Crippen molar-refractivity contribution in [1.82, 2.24) is 14.5 Å². The number of likely N-dealkylation sites (tertiary alicyclic amines) is 1. The van der Waals surface area contributed by atoms with Crippen molar-refractivity contribution in [2.24, 2.45) is 0 Å². The van der Waals surface area contributed by atoms with Gasteiger partial charge in [0.15, 0.2) is 0 Å². The van der Waals surface area contributed by atoms with Crippen LogP contribution in [-0.2, 0) is 21.4 Å². The SMILES string of the molecule is CN(CC(=O)NC1CCN(Cc2ccccc2)CC1)S(C)(=O)=O. The van der Waals surface area contributed by atoms with Crippen LogP contribution in [-0.4, -0.2) is 62.5 Å². The van der Waals surface area contributed by atoms with Crippen LogP contribution in [0.5, 0.6) is 0 Å². The maximum atomic E-state index is 11.9. The summed E-state index contributed by atoms with van der Waals surface area (Å²) >= 11 is 0. The third-order valence-electron chi connectivity index (χ3n) is 4.13. The van der Waals surface area contributed by atoms with Crippen molar-refractivity contribution in [3.05, 3.63) is 35.9 Å². The first-order valence-electron chi connectivity index (χ1n) is 7.81. The van der Waals surface area contributed by atoms with Gasteiger partial charge in [-0.3, -0.25) is 9.69 Å². The van der Waals surface area contributed by atoms with Crippen molar-refractivity contribution < 1.29 is 13.2 Å². The quantitative estimate of drug-likeness (QED) is 0.827. The number of nitrogens with one attached hydrogen (secondary N) is 1. The zero-order valence-corrected chi connectivity index (χ0v) is 14.6. The van der Waals surface area contributed by atoms with Crippen LogP contribution < -0.4 is 5.32 Å². The van der Waals surface area contributed by atoms with Crippen LogP contribution in [0.4, 0.5) is 0 Å². The van der Waals surface area contributed by atoms with Gasteiger partial charge in [0.2, 0.25) is 15.9 Å². The second kappa shape index (κ2) is 7.90. The van der Waals surface area contributed by atoms with Gasteiger partial charge in [-0.15, -0.1) is 0 Å². The lowest BCUT2D eigenvalue weighted by Crippen LogP contribution is -2.47. The molecule has 23 heavy (non-hydrogen) atoms. The molecule has 1 aromatic rings. The zero-order chi connectivity index (χ0) is 16.9. The molecule has 1 aliphatic heterocycles. The van der Waals surface area contributed by atoms with Gasteiger partial charge in [-0.25, -0.2) is 8.42 Å². The summed E-state index contributed by atoms with van der Waals surface area (Å²) in [5, 5.41) is 2.93. The van der Waals surface area contributed by atoms with Gasteiger partial charge in [-0.05, 0) is 18.4 Å². The first-order valence-corrected chi connectivity index (χ1v) is 9.66. The van der Waals surface area contributed by atoms with E-state index in [0.29, 0.717) is 0 Å². The molecule has 1 aliphatic rings. The van der Waals surface area contributed by atoms with Gasteiger partial charge in [0.05, 0.1) is 12.8 Å². The Morgan fingerprint density at radius 3 is 2.43 bits per heavy atom. The Morgan fingerprint density at radius 1 is 1.26 bits per heavy atom. The van der Waals surface area contributed by atoms with E-state index in [9.17, 15) is 13.2 Å². The molecule has 0 radical (unpaired) electrons. The zero-order valence-electron chi connectivity index (χ0n) is 13.7. The monoisotopic (exact) mass is 339 g/mol. The smallest absolute Gasteiger partial charge is 0.235 e. The third-order valence-corrected chi connectivity index (χ3v) is 5.40. The predicted octanol–water partition coefficient (Wildman–Crippen LogP) is 0.659. The van der Waals surface area contributed by atoms with Gasteiger partial charge in [0.25, 0.3) is 0 Å². The van der Waals surface area contributed by atoms with Crippen molar-refractivity contribution in [3.8, 4) is 0 Å². The van der Waals surface area contributed by atoms with Gasteiger partial charge >= 0.3 is 0 Å². The molecule has 1 N–H and O–H groups in total. The summed E-state index contributed by atoms with van der Waals surface area (Å²) in [6.07, 6.45) is 2.88. The van der Waals surface area contributed by atoms with Crippen LogP contribution in [0.25, 0.3) is 0 Å². The molecular weight excluding hydrogens is 314 g/mol.